The monoisotopic (exact) mass is 489 g/mol. The van der Waals surface area contributed by atoms with Crippen molar-refractivity contribution in [3.05, 3.63) is 53.6 Å². The molecule has 0 unspecified atom stereocenters. The molecule has 0 saturated carbocycles. The van der Waals surface area contributed by atoms with Gasteiger partial charge < -0.3 is 19.7 Å². The van der Waals surface area contributed by atoms with Crippen LogP contribution in [-0.2, 0) is 26.2 Å². The number of hydrogen-bond acceptors (Lipinski definition) is 6. The number of hydrogen-bond donors (Lipinski definition) is 1. The Morgan fingerprint density at radius 1 is 1.09 bits per heavy atom. The number of nitrogens with one attached hydrogen (secondary N) is 1. The maximum absolute atomic E-state index is 13.6. The Morgan fingerprint density at radius 3 is 2.47 bits per heavy atom. The first kappa shape index (κ1) is 25.4. The number of carbonyl (C=O) groups is 2. The van der Waals surface area contributed by atoms with Crippen LogP contribution in [-0.4, -0.2) is 57.3 Å². The lowest BCUT2D eigenvalue weighted by Gasteiger charge is -2.32. The van der Waals surface area contributed by atoms with E-state index in [1.54, 1.807) is 12.1 Å². The Bertz CT molecular complexity index is 1150. The quantitative estimate of drug-likeness (QED) is 0.550. The molecule has 1 atom stereocenters. The van der Waals surface area contributed by atoms with Crippen molar-refractivity contribution >= 4 is 27.5 Å². The van der Waals surface area contributed by atoms with E-state index in [4.69, 9.17) is 9.47 Å². The van der Waals surface area contributed by atoms with E-state index < -0.39 is 28.5 Å². The van der Waals surface area contributed by atoms with E-state index >= 15 is 0 Å². The average molecular weight is 490 g/mol. The molecule has 0 fully saturated rings. The van der Waals surface area contributed by atoms with Gasteiger partial charge in [0, 0.05) is 19.2 Å². The van der Waals surface area contributed by atoms with Crippen LogP contribution in [0.25, 0.3) is 0 Å². The van der Waals surface area contributed by atoms with Crippen molar-refractivity contribution in [3.63, 3.8) is 0 Å². The second-order valence-electron chi connectivity index (χ2n) is 8.14. The summed E-state index contributed by atoms with van der Waals surface area (Å²) in [5.41, 5.74) is 2.15. The molecule has 1 aliphatic rings. The minimum absolute atomic E-state index is 0.0472. The highest BCUT2D eigenvalue weighted by atomic mass is 32.2. The number of aryl methyl sites for hydroxylation is 1. The number of sulfonamides is 1. The SMILES string of the molecule is CCNC(=O)[C@H](CC)N(Cc1cccc(C)c1)C(=O)CN(c1ccc2c(c1)OCO2)S(C)(=O)=O. The third-order valence-electron chi connectivity index (χ3n) is 5.50. The van der Waals surface area contributed by atoms with Gasteiger partial charge in [0.15, 0.2) is 11.5 Å². The van der Waals surface area contributed by atoms with Crippen LogP contribution in [0.1, 0.15) is 31.4 Å². The van der Waals surface area contributed by atoms with E-state index in [2.05, 4.69) is 5.32 Å². The molecule has 2 aromatic carbocycles. The Balaban J connectivity index is 1.94. The van der Waals surface area contributed by atoms with Crippen LogP contribution in [0.4, 0.5) is 5.69 Å². The minimum Gasteiger partial charge on any atom is -0.454 e. The van der Waals surface area contributed by atoms with Crippen LogP contribution in [0.15, 0.2) is 42.5 Å². The van der Waals surface area contributed by atoms with Crippen molar-refractivity contribution in [2.75, 3.05) is 30.4 Å². The number of ether oxygens (including phenoxy) is 2. The fourth-order valence-electron chi connectivity index (χ4n) is 3.87. The summed E-state index contributed by atoms with van der Waals surface area (Å²) >= 11 is 0. The highest BCUT2D eigenvalue weighted by Gasteiger charge is 2.32. The van der Waals surface area contributed by atoms with Gasteiger partial charge >= 0.3 is 0 Å². The maximum Gasteiger partial charge on any atom is 0.244 e. The summed E-state index contributed by atoms with van der Waals surface area (Å²) in [4.78, 5) is 27.8. The molecule has 1 aliphatic heterocycles. The maximum atomic E-state index is 13.6. The second kappa shape index (κ2) is 10.8. The molecule has 2 aromatic rings. The zero-order valence-corrected chi connectivity index (χ0v) is 20.7. The van der Waals surface area contributed by atoms with E-state index in [0.29, 0.717) is 24.5 Å². The number of likely N-dealkylation sites (N-methyl/N-ethyl adjacent to an activating group) is 1. The van der Waals surface area contributed by atoms with Gasteiger partial charge in [0.1, 0.15) is 12.6 Å². The van der Waals surface area contributed by atoms with Crippen LogP contribution in [0.3, 0.4) is 0 Å². The molecule has 3 rings (SSSR count). The molecule has 0 aliphatic carbocycles. The Kier molecular flexibility index (Phi) is 8.03. The molecule has 184 valence electrons. The molecule has 9 nitrogen and oxygen atoms in total. The third-order valence-corrected chi connectivity index (χ3v) is 6.64. The number of rotatable bonds is 10. The molecule has 1 N–H and O–H groups in total. The molecular formula is C24H31N3O6S. The number of benzene rings is 2. The zero-order valence-electron chi connectivity index (χ0n) is 19.9. The topological polar surface area (TPSA) is 105 Å². The van der Waals surface area contributed by atoms with E-state index in [1.165, 1.54) is 11.0 Å². The number of anilines is 1. The van der Waals surface area contributed by atoms with Gasteiger partial charge in [-0.2, -0.15) is 0 Å². The number of fused-ring (bicyclic) bond motifs is 1. The number of carbonyl (C=O) groups excluding carboxylic acids is 2. The molecule has 1 heterocycles. The second-order valence-corrected chi connectivity index (χ2v) is 10.0. The van der Waals surface area contributed by atoms with Crippen LogP contribution < -0.4 is 19.1 Å². The Hall–Kier alpha value is -3.27. The molecular weight excluding hydrogens is 458 g/mol. The Morgan fingerprint density at radius 2 is 1.82 bits per heavy atom. The van der Waals surface area contributed by atoms with Crippen LogP contribution in [0.5, 0.6) is 11.5 Å². The molecule has 34 heavy (non-hydrogen) atoms. The summed E-state index contributed by atoms with van der Waals surface area (Å²) in [7, 11) is -3.82. The molecule has 0 aromatic heterocycles. The van der Waals surface area contributed by atoms with Gasteiger partial charge in [-0.1, -0.05) is 36.8 Å². The lowest BCUT2D eigenvalue weighted by molar-refractivity contribution is -0.140. The standard InChI is InChI=1S/C24H31N3O6S/c1-5-20(24(29)25-6-2)26(14-18-9-7-8-17(3)12-18)23(28)15-27(34(4,30)31)19-10-11-21-22(13-19)33-16-32-21/h7-13,20H,5-6,14-16H2,1-4H3,(H,25,29)/t20-/m0/s1. The van der Waals surface area contributed by atoms with Crippen molar-refractivity contribution < 1.29 is 27.5 Å². The van der Waals surface area contributed by atoms with Gasteiger partial charge in [0.2, 0.25) is 28.6 Å². The first-order valence-electron chi connectivity index (χ1n) is 11.1. The molecule has 0 spiro atoms. The summed E-state index contributed by atoms with van der Waals surface area (Å²) in [6, 6.07) is 11.6. The van der Waals surface area contributed by atoms with Gasteiger partial charge in [-0.15, -0.1) is 0 Å². The van der Waals surface area contributed by atoms with Gasteiger partial charge in [-0.25, -0.2) is 8.42 Å². The Labute approximate surface area is 200 Å². The summed E-state index contributed by atoms with van der Waals surface area (Å²) in [5, 5.41) is 2.78. The van der Waals surface area contributed by atoms with Crippen LogP contribution >= 0.6 is 0 Å². The zero-order chi connectivity index (χ0) is 24.9. The van der Waals surface area contributed by atoms with E-state index in [1.807, 2.05) is 45.0 Å². The minimum atomic E-state index is -3.82. The number of amides is 2. The van der Waals surface area contributed by atoms with E-state index in [0.717, 1.165) is 21.7 Å². The molecule has 10 heteroatoms. The lowest BCUT2D eigenvalue weighted by Crippen LogP contribution is -2.52. The van der Waals surface area contributed by atoms with Crippen molar-refractivity contribution in [2.24, 2.45) is 0 Å². The van der Waals surface area contributed by atoms with E-state index in [9.17, 15) is 18.0 Å². The summed E-state index contributed by atoms with van der Waals surface area (Å²) < 4.78 is 37.0. The number of nitrogens with zero attached hydrogens (tertiary/aromatic N) is 2. The van der Waals surface area contributed by atoms with Crippen molar-refractivity contribution in [1.29, 1.82) is 0 Å². The van der Waals surface area contributed by atoms with E-state index in [-0.39, 0.29) is 24.9 Å². The normalized spacial score (nSPS) is 13.3. The van der Waals surface area contributed by atoms with Gasteiger partial charge in [0.25, 0.3) is 0 Å². The largest absolute Gasteiger partial charge is 0.454 e. The lowest BCUT2D eigenvalue weighted by atomic mass is 10.1. The first-order valence-corrected chi connectivity index (χ1v) is 13.0. The van der Waals surface area contributed by atoms with Crippen molar-refractivity contribution in [3.8, 4) is 11.5 Å². The van der Waals surface area contributed by atoms with Crippen LogP contribution in [0, 0.1) is 6.92 Å². The average Bonchev–Trinajstić information content (AvgIpc) is 3.24. The van der Waals surface area contributed by atoms with Gasteiger partial charge in [0.05, 0.1) is 11.9 Å². The smallest absolute Gasteiger partial charge is 0.244 e. The van der Waals surface area contributed by atoms with Gasteiger partial charge in [-0.3, -0.25) is 13.9 Å². The third kappa shape index (κ3) is 5.99. The first-order chi connectivity index (χ1) is 16.1. The fraction of sp³-hybridized carbons (Fsp3) is 0.417. The fourth-order valence-corrected chi connectivity index (χ4v) is 4.71. The predicted octanol–water partition coefficient (Wildman–Crippen LogP) is 2.43. The van der Waals surface area contributed by atoms with Crippen molar-refractivity contribution in [1.82, 2.24) is 10.2 Å². The van der Waals surface area contributed by atoms with Crippen molar-refractivity contribution in [2.45, 2.75) is 39.8 Å². The molecule has 2 amide bonds. The molecule has 0 saturated heterocycles. The highest BCUT2D eigenvalue weighted by molar-refractivity contribution is 7.92. The summed E-state index contributed by atoms with van der Waals surface area (Å²) in [6.45, 7) is 5.77. The van der Waals surface area contributed by atoms with Crippen LogP contribution in [0.2, 0.25) is 0 Å². The molecule has 0 radical (unpaired) electrons. The highest BCUT2D eigenvalue weighted by Crippen LogP contribution is 2.36. The van der Waals surface area contributed by atoms with Gasteiger partial charge in [-0.05, 0) is 38.0 Å². The predicted molar refractivity (Wildman–Crippen MR) is 129 cm³/mol. The molecule has 0 bridgehead atoms. The summed E-state index contributed by atoms with van der Waals surface area (Å²) in [5.74, 6) is 0.151. The summed E-state index contributed by atoms with van der Waals surface area (Å²) in [6.07, 6.45) is 1.42.